The van der Waals surface area contributed by atoms with Crippen LogP contribution in [0.5, 0.6) is 0 Å². The van der Waals surface area contributed by atoms with Crippen molar-refractivity contribution in [2.45, 2.75) is 193 Å². The van der Waals surface area contributed by atoms with E-state index in [1.165, 1.54) is 77.0 Å². The molecule has 0 aliphatic carbocycles. The molecule has 10 heteroatoms. The van der Waals surface area contributed by atoms with E-state index in [4.69, 9.17) is 23.6 Å². The molecule has 9 nitrogen and oxygen atoms in total. The fourth-order valence-electron chi connectivity index (χ4n) is 5.81. The summed E-state index contributed by atoms with van der Waals surface area (Å²) in [5.41, 5.74) is 0. The van der Waals surface area contributed by atoms with Gasteiger partial charge in [0, 0.05) is 13.0 Å². The Morgan fingerprint density at radius 2 is 1.02 bits per heavy atom. The summed E-state index contributed by atoms with van der Waals surface area (Å²) in [6.45, 7) is 3.35. The summed E-state index contributed by atoms with van der Waals surface area (Å²) >= 11 is 0. The van der Waals surface area contributed by atoms with Gasteiger partial charge in [0.25, 0.3) is 0 Å². The third-order valence-corrected chi connectivity index (χ3v) is 10.1. The SMILES string of the molecule is CC/C=C\C/C=C\C/C=C\CCCCCCCC(=O)OC(COCCCCCCCCCCCC/C=C\C/C=C\CCCCC)COP(=O)(O)OCC(O)CO. The van der Waals surface area contributed by atoms with Crippen LogP contribution in [0.4, 0.5) is 0 Å². The van der Waals surface area contributed by atoms with Gasteiger partial charge >= 0.3 is 13.8 Å². The van der Waals surface area contributed by atoms with E-state index >= 15 is 0 Å². The van der Waals surface area contributed by atoms with E-state index in [0.717, 1.165) is 77.0 Å². The highest BCUT2D eigenvalue weighted by Gasteiger charge is 2.26. The zero-order valence-electron chi connectivity index (χ0n) is 35.6. The van der Waals surface area contributed by atoms with E-state index in [2.05, 4.69) is 74.6 Å². The average Bonchev–Trinajstić information content (AvgIpc) is 3.19. The van der Waals surface area contributed by atoms with Gasteiger partial charge in [-0.3, -0.25) is 13.8 Å². The van der Waals surface area contributed by atoms with Crippen molar-refractivity contribution in [3.8, 4) is 0 Å². The van der Waals surface area contributed by atoms with E-state index in [-0.39, 0.29) is 19.6 Å². The van der Waals surface area contributed by atoms with Gasteiger partial charge in [0.05, 0.1) is 26.4 Å². The molecule has 3 unspecified atom stereocenters. The Hall–Kier alpha value is -1.84. The van der Waals surface area contributed by atoms with Crippen LogP contribution in [-0.4, -0.2) is 66.3 Å². The molecule has 0 aliphatic rings. The van der Waals surface area contributed by atoms with Crippen LogP contribution in [0.2, 0.25) is 0 Å². The lowest BCUT2D eigenvalue weighted by molar-refractivity contribution is -0.154. The Morgan fingerprint density at radius 1 is 0.571 bits per heavy atom. The van der Waals surface area contributed by atoms with Crippen molar-refractivity contribution < 1.29 is 43.0 Å². The molecular weight excluding hydrogens is 727 g/mol. The summed E-state index contributed by atoms with van der Waals surface area (Å²) in [6, 6.07) is 0. The minimum absolute atomic E-state index is 0.0379. The summed E-state index contributed by atoms with van der Waals surface area (Å²) in [5, 5.41) is 18.4. The Kier molecular flexibility index (Phi) is 41.4. The number of unbranched alkanes of at least 4 members (excludes halogenated alkanes) is 18. The second-order valence-corrected chi connectivity index (χ2v) is 16.1. The number of phosphoric ester groups is 1. The Bertz CT molecular complexity index is 1060. The van der Waals surface area contributed by atoms with Gasteiger partial charge in [-0.25, -0.2) is 4.57 Å². The highest BCUT2D eigenvalue weighted by atomic mass is 31.2. The fraction of sp³-hybridized carbons (Fsp3) is 0.761. The molecule has 0 aromatic carbocycles. The molecule has 0 rings (SSSR count). The second-order valence-electron chi connectivity index (χ2n) is 14.7. The van der Waals surface area contributed by atoms with E-state index in [0.29, 0.717) is 13.0 Å². The number of carbonyl (C=O) groups excluding carboxylic acids is 1. The topological polar surface area (TPSA) is 132 Å². The van der Waals surface area contributed by atoms with Crippen molar-refractivity contribution in [3.05, 3.63) is 60.8 Å². The molecule has 0 radical (unpaired) electrons. The molecule has 0 fully saturated rings. The van der Waals surface area contributed by atoms with Crippen LogP contribution >= 0.6 is 7.82 Å². The van der Waals surface area contributed by atoms with Gasteiger partial charge in [-0.1, -0.05) is 158 Å². The number of rotatable bonds is 42. The lowest BCUT2D eigenvalue weighted by Crippen LogP contribution is -2.29. The van der Waals surface area contributed by atoms with Crippen LogP contribution in [0.25, 0.3) is 0 Å². The first-order valence-corrected chi connectivity index (χ1v) is 23.8. The van der Waals surface area contributed by atoms with Crippen molar-refractivity contribution in [2.75, 3.05) is 33.0 Å². The molecule has 0 spiro atoms. The van der Waals surface area contributed by atoms with Gasteiger partial charge < -0.3 is 24.6 Å². The molecule has 56 heavy (non-hydrogen) atoms. The Labute approximate surface area is 342 Å². The quantitative estimate of drug-likeness (QED) is 0.0239. The smallest absolute Gasteiger partial charge is 0.457 e. The third kappa shape index (κ3) is 41.8. The molecular formula is C46H83O9P. The van der Waals surface area contributed by atoms with Crippen LogP contribution in [0, 0.1) is 0 Å². The Morgan fingerprint density at radius 3 is 1.54 bits per heavy atom. The van der Waals surface area contributed by atoms with Crippen molar-refractivity contribution in [1.29, 1.82) is 0 Å². The molecule has 3 atom stereocenters. The number of esters is 1. The molecule has 0 heterocycles. The monoisotopic (exact) mass is 811 g/mol. The summed E-state index contributed by atoms with van der Waals surface area (Å²) in [4.78, 5) is 22.6. The van der Waals surface area contributed by atoms with Crippen LogP contribution in [0.3, 0.4) is 0 Å². The molecule has 0 aliphatic heterocycles. The van der Waals surface area contributed by atoms with Crippen molar-refractivity contribution in [2.24, 2.45) is 0 Å². The van der Waals surface area contributed by atoms with Crippen molar-refractivity contribution >= 4 is 13.8 Å². The largest absolute Gasteiger partial charge is 0.472 e. The number of hydrogen-bond acceptors (Lipinski definition) is 8. The van der Waals surface area contributed by atoms with Crippen LogP contribution in [0.15, 0.2) is 60.8 Å². The first-order valence-electron chi connectivity index (χ1n) is 22.3. The second kappa shape index (κ2) is 42.8. The molecule has 0 aromatic heterocycles. The summed E-state index contributed by atoms with van der Waals surface area (Å²) in [6.07, 6.45) is 48.9. The molecule has 0 saturated carbocycles. The maximum Gasteiger partial charge on any atom is 0.472 e. The molecule has 0 amide bonds. The minimum Gasteiger partial charge on any atom is -0.457 e. The van der Waals surface area contributed by atoms with E-state index < -0.39 is 39.2 Å². The predicted octanol–water partition coefficient (Wildman–Crippen LogP) is 12.4. The van der Waals surface area contributed by atoms with Crippen LogP contribution in [0.1, 0.15) is 181 Å². The summed E-state index contributed by atoms with van der Waals surface area (Å²) < 4.78 is 33.4. The lowest BCUT2D eigenvalue weighted by atomic mass is 10.1. The molecule has 0 saturated heterocycles. The zero-order chi connectivity index (χ0) is 41.1. The highest BCUT2D eigenvalue weighted by Crippen LogP contribution is 2.43. The Balaban J connectivity index is 4.17. The van der Waals surface area contributed by atoms with E-state index in [9.17, 15) is 19.4 Å². The van der Waals surface area contributed by atoms with Gasteiger partial charge in [-0.05, 0) is 77.0 Å². The maximum absolute atomic E-state index is 12.6. The van der Waals surface area contributed by atoms with Crippen molar-refractivity contribution in [3.63, 3.8) is 0 Å². The van der Waals surface area contributed by atoms with Gasteiger partial charge in [0.1, 0.15) is 12.2 Å². The van der Waals surface area contributed by atoms with Gasteiger partial charge in [0.2, 0.25) is 0 Å². The number of allylic oxidation sites excluding steroid dienone is 10. The van der Waals surface area contributed by atoms with Gasteiger partial charge in [-0.15, -0.1) is 0 Å². The fourth-order valence-corrected chi connectivity index (χ4v) is 6.60. The first kappa shape index (κ1) is 54.2. The molecule has 326 valence electrons. The minimum atomic E-state index is -4.53. The lowest BCUT2D eigenvalue weighted by Gasteiger charge is -2.20. The molecule has 3 N–H and O–H groups in total. The number of phosphoric acid groups is 1. The highest BCUT2D eigenvalue weighted by molar-refractivity contribution is 7.47. The normalized spacial score (nSPS) is 14.6. The maximum atomic E-state index is 12.6. The number of hydrogen-bond donors (Lipinski definition) is 3. The van der Waals surface area contributed by atoms with Gasteiger partial charge in [-0.2, -0.15) is 0 Å². The van der Waals surface area contributed by atoms with Crippen LogP contribution in [-0.2, 0) is 27.9 Å². The van der Waals surface area contributed by atoms with Crippen LogP contribution < -0.4 is 0 Å². The summed E-state index contributed by atoms with van der Waals surface area (Å²) in [7, 11) is -4.53. The third-order valence-electron chi connectivity index (χ3n) is 9.19. The molecule has 0 bridgehead atoms. The number of carbonyl (C=O) groups is 1. The number of aliphatic hydroxyl groups excluding tert-OH is 2. The zero-order valence-corrected chi connectivity index (χ0v) is 36.5. The van der Waals surface area contributed by atoms with Crippen molar-refractivity contribution in [1.82, 2.24) is 0 Å². The molecule has 0 aromatic rings. The first-order chi connectivity index (χ1) is 27.3. The van der Waals surface area contributed by atoms with Gasteiger partial charge in [0.15, 0.2) is 0 Å². The number of ether oxygens (including phenoxy) is 2. The standard InChI is InChI=1S/C46H83O9P/c1-3-5-7-9-11-13-15-17-19-20-21-22-23-25-27-29-31-33-35-37-39-52-42-45(43-54-56(50,51)53-41-44(48)40-47)55-46(49)38-36-34-32-30-28-26-24-18-16-14-12-10-8-6-4-2/h6,8,11-14,17-19,24,44-45,47-48H,3-5,7,9-10,15-16,20-23,25-43H2,1-2H3,(H,50,51)/b8-6-,13-11-,14-12-,19-17-,24-18-. The predicted molar refractivity (Wildman–Crippen MR) is 233 cm³/mol. The van der Waals surface area contributed by atoms with E-state index in [1.807, 2.05) is 0 Å². The summed E-state index contributed by atoms with van der Waals surface area (Å²) in [5.74, 6) is -0.402. The van der Waals surface area contributed by atoms with E-state index in [1.54, 1.807) is 0 Å². The number of aliphatic hydroxyl groups is 2. The average molecular weight is 811 g/mol.